The fourth-order valence-electron chi connectivity index (χ4n) is 4.69. The van der Waals surface area contributed by atoms with Gasteiger partial charge in [0.1, 0.15) is 22.0 Å². The van der Waals surface area contributed by atoms with Crippen LogP contribution in [0, 0.1) is 0 Å². The Bertz CT molecular complexity index is 1440. The molecular weight excluding hydrogens is 523 g/mol. The smallest absolute Gasteiger partial charge is 0.136 e. The Labute approximate surface area is 222 Å². The third-order valence-corrected chi connectivity index (χ3v) is 9.45. The van der Waals surface area contributed by atoms with E-state index in [-0.39, 0.29) is 5.60 Å². The number of hydrogen-bond donors (Lipinski definition) is 0. The Kier molecular flexibility index (Phi) is 6.31. The van der Waals surface area contributed by atoms with Crippen LogP contribution < -0.4 is 4.90 Å². The number of halogens is 2. The van der Waals surface area contributed by atoms with Crippen molar-refractivity contribution >= 4 is 72.6 Å². The zero-order valence-corrected chi connectivity index (χ0v) is 22.6. The minimum absolute atomic E-state index is 0.240. The molecule has 1 aromatic carbocycles. The van der Waals surface area contributed by atoms with Crippen molar-refractivity contribution in [3.05, 3.63) is 51.3 Å². The molecule has 2 aliphatic heterocycles. The van der Waals surface area contributed by atoms with Crippen LogP contribution in [0.15, 0.2) is 29.6 Å². The van der Waals surface area contributed by atoms with E-state index in [4.69, 9.17) is 42.6 Å². The van der Waals surface area contributed by atoms with E-state index < -0.39 is 0 Å². The summed E-state index contributed by atoms with van der Waals surface area (Å²) in [6.07, 6.45) is 2.48. The van der Waals surface area contributed by atoms with Crippen LogP contribution in [0.1, 0.15) is 30.5 Å². The van der Waals surface area contributed by atoms with Crippen molar-refractivity contribution in [3.63, 3.8) is 0 Å². The van der Waals surface area contributed by atoms with Crippen LogP contribution in [-0.4, -0.2) is 46.9 Å². The van der Waals surface area contributed by atoms with Crippen LogP contribution in [0.3, 0.4) is 0 Å². The van der Waals surface area contributed by atoms with Gasteiger partial charge in [0.05, 0.1) is 45.7 Å². The molecule has 1 saturated heterocycles. The Morgan fingerprint density at radius 3 is 2.74 bits per heavy atom. The normalized spacial score (nSPS) is 17.8. The van der Waals surface area contributed by atoms with E-state index in [1.54, 1.807) is 29.4 Å². The van der Waals surface area contributed by atoms with Gasteiger partial charge in [0.2, 0.25) is 0 Å². The summed E-state index contributed by atoms with van der Waals surface area (Å²) in [5.41, 5.74) is 4.32. The average Bonchev–Trinajstić information content (AvgIpc) is 3.23. The molecule has 3 aromatic heterocycles. The van der Waals surface area contributed by atoms with E-state index in [2.05, 4.69) is 23.7 Å². The number of thiophene rings is 1. The third-order valence-electron chi connectivity index (χ3n) is 6.44. The molecule has 0 unspecified atom stereocenters. The molecule has 0 spiro atoms. The van der Waals surface area contributed by atoms with Gasteiger partial charge in [-0.3, -0.25) is 0 Å². The minimum atomic E-state index is -0.240. The summed E-state index contributed by atoms with van der Waals surface area (Å²) in [6, 6.07) is 5.75. The molecule has 6 nitrogen and oxygen atoms in total. The zero-order valence-electron chi connectivity index (χ0n) is 19.4. The molecule has 6 rings (SSSR count). The summed E-state index contributed by atoms with van der Waals surface area (Å²) in [7, 11) is 0. The molecule has 0 saturated carbocycles. The van der Waals surface area contributed by atoms with Crippen molar-refractivity contribution < 1.29 is 9.47 Å². The maximum atomic E-state index is 6.24. The highest BCUT2D eigenvalue weighted by atomic mass is 35.5. The molecule has 1 fully saturated rings. The molecule has 0 bridgehead atoms. The Hall–Kier alpha value is -1.68. The maximum absolute atomic E-state index is 6.24. The highest BCUT2D eigenvalue weighted by Crippen LogP contribution is 2.44. The highest BCUT2D eigenvalue weighted by molar-refractivity contribution is 7.98. The SMILES string of the molecule is CC1(C)Cc2c(c(N3CCOCC3)nc3sc4c(SCc5ccc(Cl)c(Cl)c5)ncnc4c23)CO1. The quantitative estimate of drug-likeness (QED) is 0.213. The molecular formula is C25H24Cl2N4O2S2. The number of rotatable bonds is 4. The van der Waals surface area contributed by atoms with Crippen LogP contribution in [-0.2, 0) is 28.3 Å². The van der Waals surface area contributed by atoms with E-state index in [9.17, 15) is 0 Å². The largest absolute Gasteiger partial charge is 0.378 e. The molecule has 0 amide bonds. The number of pyridine rings is 1. The number of nitrogens with zero attached hydrogens (tertiary/aromatic N) is 4. The van der Waals surface area contributed by atoms with Gasteiger partial charge in [-0.2, -0.15) is 0 Å². The average molecular weight is 548 g/mol. The summed E-state index contributed by atoms with van der Waals surface area (Å²) in [5, 5.41) is 3.23. The number of fused-ring (bicyclic) bond motifs is 5. The van der Waals surface area contributed by atoms with Crippen molar-refractivity contribution in [1.82, 2.24) is 15.0 Å². The van der Waals surface area contributed by atoms with Gasteiger partial charge in [-0.15, -0.1) is 23.1 Å². The van der Waals surface area contributed by atoms with Crippen molar-refractivity contribution in [1.29, 1.82) is 0 Å². The molecule has 35 heavy (non-hydrogen) atoms. The van der Waals surface area contributed by atoms with Crippen molar-refractivity contribution in [2.75, 3.05) is 31.2 Å². The summed E-state index contributed by atoms with van der Waals surface area (Å²) in [5.74, 6) is 1.76. The highest BCUT2D eigenvalue weighted by Gasteiger charge is 2.33. The van der Waals surface area contributed by atoms with E-state index in [0.29, 0.717) is 29.9 Å². The molecule has 10 heteroatoms. The van der Waals surface area contributed by atoms with E-state index >= 15 is 0 Å². The Morgan fingerprint density at radius 2 is 1.94 bits per heavy atom. The molecule has 2 aliphatic rings. The lowest BCUT2D eigenvalue weighted by Gasteiger charge is -2.36. The lowest BCUT2D eigenvalue weighted by molar-refractivity contribution is -0.0396. The first-order valence-electron chi connectivity index (χ1n) is 11.5. The number of anilines is 1. The van der Waals surface area contributed by atoms with Crippen molar-refractivity contribution in [3.8, 4) is 0 Å². The van der Waals surface area contributed by atoms with Gasteiger partial charge in [-0.1, -0.05) is 29.3 Å². The molecule has 4 aromatic rings. The number of hydrogen-bond acceptors (Lipinski definition) is 8. The van der Waals surface area contributed by atoms with Crippen LogP contribution in [0.4, 0.5) is 5.82 Å². The van der Waals surface area contributed by atoms with Gasteiger partial charge < -0.3 is 14.4 Å². The van der Waals surface area contributed by atoms with Crippen LogP contribution in [0.25, 0.3) is 20.4 Å². The van der Waals surface area contributed by atoms with Gasteiger partial charge in [0.25, 0.3) is 0 Å². The fraction of sp³-hybridized carbons (Fsp3) is 0.400. The van der Waals surface area contributed by atoms with Crippen molar-refractivity contribution in [2.24, 2.45) is 0 Å². The van der Waals surface area contributed by atoms with Crippen molar-refractivity contribution in [2.45, 2.75) is 43.3 Å². The van der Waals surface area contributed by atoms with Crippen LogP contribution in [0.5, 0.6) is 0 Å². The van der Waals surface area contributed by atoms with Gasteiger partial charge in [-0.25, -0.2) is 15.0 Å². The monoisotopic (exact) mass is 546 g/mol. The number of aromatic nitrogens is 3. The van der Waals surface area contributed by atoms with E-state index in [1.165, 1.54) is 11.1 Å². The van der Waals surface area contributed by atoms with Gasteiger partial charge in [0.15, 0.2) is 0 Å². The fourth-order valence-corrected chi connectivity index (χ4v) is 7.18. The molecule has 0 radical (unpaired) electrons. The van der Waals surface area contributed by atoms with Crippen LogP contribution in [0.2, 0.25) is 10.0 Å². The van der Waals surface area contributed by atoms with E-state index in [0.717, 1.165) is 62.1 Å². The first-order chi connectivity index (χ1) is 16.9. The van der Waals surface area contributed by atoms with Gasteiger partial charge in [0, 0.05) is 36.2 Å². The Balaban J connectivity index is 1.46. The number of ether oxygens (including phenoxy) is 2. The minimum Gasteiger partial charge on any atom is -0.378 e. The lowest BCUT2D eigenvalue weighted by atomic mass is 9.90. The Morgan fingerprint density at radius 1 is 1.11 bits per heavy atom. The molecule has 5 heterocycles. The molecule has 182 valence electrons. The first kappa shape index (κ1) is 23.7. The summed E-state index contributed by atoms with van der Waals surface area (Å²) in [4.78, 5) is 17.9. The summed E-state index contributed by atoms with van der Waals surface area (Å²) >= 11 is 15.7. The first-order valence-corrected chi connectivity index (χ1v) is 14.1. The molecule has 0 atom stereocenters. The number of benzene rings is 1. The summed E-state index contributed by atoms with van der Waals surface area (Å²) in [6.45, 7) is 7.97. The predicted molar refractivity (Wildman–Crippen MR) is 144 cm³/mol. The van der Waals surface area contributed by atoms with Gasteiger partial charge >= 0.3 is 0 Å². The molecule has 0 N–H and O–H groups in total. The third kappa shape index (κ3) is 4.49. The van der Waals surface area contributed by atoms with Crippen LogP contribution >= 0.6 is 46.3 Å². The topological polar surface area (TPSA) is 60.4 Å². The van der Waals surface area contributed by atoms with Gasteiger partial charge in [-0.05, 0) is 37.1 Å². The second kappa shape index (κ2) is 9.32. The summed E-state index contributed by atoms with van der Waals surface area (Å²) < 4.78 is 12.9. The second-order valence-corrected chi connectivity index (χ2v) is 12.2. The maximum Gasteiger partial charge on any atom is 0.136 e. The number of thioether (sulfide) groups is 1. The zero-order chi connectivity index (χ0) is 24.2. The lowest BCUT2D eigenvalue weighted by Crippen LogP contribution is -2.39. The molecule has 0 aliphatic carbocycles. The predicted octanol–water partition coefficient (Wildman–Crippen LogP) is 6.53. The standard InChI is InChI=1S/C25H24Cl2N4O2S2/c1-25(2)10-15-16(11-33-25)22(31-5-7-32-8-6-31)30-23-19(15)20-21(35-23)24(29-13-28-20)34-12-14-3-4-17(26)18(27)9-14/h3-4,9,13H,5-8,10-12H2,1-2H3. The number of morpholine rings is 1. The van der Waals surface area contributed by atoms with E-state index in [1.807, 2.05) is 18.2 Å². The second-order valence-electron chi connectivity index (χ2n) is 9.39.